The molecular weight excluding hydrogens is 364 g/mol. The van der Waals surface area contributed by atoms with Crippen LogP contribution in [0.15, 0.2) is 53.5 Å². The van der Waals surface area contributed by atoms with Crippen LogP contribution in [0, 0.1) is 12.3 Å². The summed E-state index contributed by atoms with van der Waals surface area (Å²) in [5.74, 6) is -0.618. The minimum absolute atomic E-state index is 0.133. The fourth-order valence-corrected chi connectivity index (χ4v) is 3.26. The number of hydrogen-bond acceptors (Lipinski definition) is 3. The molecule has 6 heteroatoms. The molecule has 0 radical (unpaired) electrons. The van der Waals surface area contributed by atoms with Crippen molar-refractivity contribution in [2.75, 3.05) is 6.54 Å². The van der Waals surface area contributed by atoms with E-state index in [4.69, 9.17) is 11.1 Å². The van der Waals surface area contributed by atoms with E-state index < -0.39 is 11.9 Å². The third kappa shape index (κ3) is 5.16. The minimum atomic E-state index is -0.764. The number of nitrogens with two attached hydrogens (primary N) is 1. The van der Waals surface area contributed by atoms with Crippen LogP contribution in [0.4, 0.5) is 0 Å². The van der Waals surface area contributed by atoms with Crippen LogP contribution >= 0.6 is 0 Å². The van der Waals surface area contributed by atoms with Gasteiger partial charge in [0.05, 0.1) is 12.4 Å². The summed E-state index contributed by atoms with van der Waals surface area (Å²) in [5, 5.41) is 7.89. The van der Waals surface area contributed by atoms with Gasteiger partial charge in [0.1, 0.15) is 6.04 Å². The van der Waals surface area contributed by atoms with Crippen LogP contribution in [0.3, 0.4) is 0 Å². The SMILES string of the molecule is CC.CC(N)=NC(=O)[C@@H]1CC(=N)CN1C(=O)c1ccc(-c2ccccc2C)cc1. The standard InChI is InChI=1S/C21H22N4O2.C2H6/c1-13-5-3-4-6-18(13)15-7-9-16(10-8-15)21(27)25-12-17(23)11-19(25)20(26)24-14(2)22;1-2/h3-10,19,23H,11-12H2,1-2H3,(H2,22,24,26);1-2H3/t19-;/m0./s1. The number of nitrogens with one attached hydrogen (secondary N) is 1. The third-order valence-electron chi connectivity index (χ3n) is 4.60. The average Bonchev–Trinajstić information content (AvgIpc) is 3.11. The number of amidine groups is 1. The molecule has 0 aromatic heterocycles. The van der Waals surface area contributed by atoms with E-state index in [1.165, 1.54) is 11.8 Å². The Morgan fingerprint density at radius 3 is 2.31 bits per heavy atom. The summed E-state index contributed by atoms with van der Waals surface area (Å²) in [4.78, 5) is 30.3. The van der Waals surface area contributed by atoms with Crippen LogP contribution < -0.4 is 5.73 Å². The van der Waals surface area contributed by atoms with Crippen LogP contribution in [-0.4, -0.2) is 40.8 Å². The van der Waals surface area contributed by atoms with Gasteiger partial charge in [0.15, 0.2) is 0 Å². The van der Waals surface area contributed by atoms with E-state index >= 15 is 0 Å². The molecule has 6 nitrogen and oxygen atoms in total. The number of carbonyl (C=O) groups excluding carboxylic acids is 2. The topological polar surface area (TPSA) is 99.6 Å². The smallest absolute Gasteiger partial charge is 0.270 e. The lowest BCUT2D eigenvalue weighted by atomic mass is 9.99. The Labute approximate surface area is 172 Å². The van der Waals surface area contributed by atoms with Gasteiger partial charge in [0, 0.05) is 17.7 Å². The Morgan fingerprint density at radius 1 is 1.10 bits per heavy atom. The fourth-order valence-electron chi connectivity index (χ4n) is 3.26. The van der Waals surface area contributed by atoms with Crippen molar-refractivity contribution in [2.24, 2.45) is 10.7 Å². The maximum absolute atomic E-state index is 12.9. The molecule has 1 fully saturated rings. The average molecular weight is 393 g/mol. The number of aliphatic imine (C=N–C) groups is 1. The van der Waals surface area contributed by atoms with E-state index in [-0.39, 0.29) is 24.7 Å². The second-order valence-corrected chi connectivity index (χ2v) is 6.74. The van der Waals surface area contributed by atoms with Crippen molar-refractivity contribution in [3.8, 4) is 11.1 Å². The zero-order chi connectivity index (χ0) is 21.6. The first kappa shape index (κ1) is 22.0. The van der Waals surface area contributed by atoms with E-state index in [1.807, 2.05) is 57.2 Å². The van der Waals surface area contributed by atoms with Gasteiger partial charge in [-0.25, -0.2) is 0 Å². The summed E-state index contributed by atoms with van der Waals surface area (Å²) in [6.07, 6.45) is 0.197. The molecule has 1 atom stereocenters. The second kappa shape index (κ2) is 9.78. The van der Waals surface area contributed by atoms with Crippen molar-refractivity contribution in [2.45, 2.75) is 40.2 Å². The Balaban J connectivity index is 0.00000145. The molecular formula is C23H28N4O2. The summed E-state index contributed by atoms with van der Waals surface area (Å²) >= 11 is 0. The normalized spacial score (nSPS) is 16.3. The van der Waals surface area contributed by atoms with Crippen molar-refractivity contribution in [1.29, 1.82) is 5.41 Å². The molecule has 3 rings (SSSR count). The van der Waals surface area contributed by atoms with E-state index in [0.717, 1.165) is 16.7 Å². The van der Waals surface area contributed by atoms with Gasteiger partial charge >= 0.3 is 0 Å². The van der Waals surface area contributed by atoms with Gasteiger partial charge in [-0.1, -0.05) is 50.2 Å². The largest absolute Gasteiger partial charge is 0.387 e. The van der Waals surface area contributed by atoms with Gasteiger partial charge in [0.2, 0.25) is 0 Å². The monoisotopic (exact) mass is 392 g/mol. The Kier molecular flexibility index (Phi) is 7.42. The van der Waals surface area contributed by atoms with Crippen molar-refractivity contribution in [1.82, 2.24) is 4.90 Å². The first-order valence-electron chi connectivity index (χ1n) is 9.74. The van der Waals surface area contributed by atoms with Gasteiger partial charge < -0.3 is 16.0 Å². The summed E-state index contributed by atoms with van der Waals surface area (Å²) in [5.41, 5.74) is 9.59. The van der Waals surface area contributed by atoms with E-state index in [2.05, 4.69) is 4.99 Å². The lowest BCUT2D eigenvalue weighted by molar-refractivity contribution is -0.121. The molecule has 2 aromatic rings. The highest BCUT2D eigenvalue weighted by molar-refractivity contribution is 6.06. The van der Waals surface area contributed by atoms with E-state index in [9.17, 15) is 9.59 Å². The van der Waals surface area contributed by atoms with E-state index in [0.29, 0.717) is 11.3 Å². The van der Waals surface area contributed by atoms with Gasteiger partial charge in [-0.2, -0.15) is 4.99 Å². The maximum atomic E-state index is 12.9. The van der Waals surface area contributed by atoms with Gasteiger partial charge in [0.25, 0.3) is 11.8 Å². The first-order valence-corrected chi connectivity index (χ1v) is 9.74. The van der Waals surface area contributed by atoms with Crippen molar-refractivity contribution in [3.63, 3.8) is 0 Å². The van der Waals surface area contributed by atoms with Crippen LogP contribution in [0.5, 0.6) is 0 Å². The number of benzene rings is 2. The molecule has 0 aliphatic carbocycles. The molecule has 3 N–H and O–H groups in total. The third-order valence-corrected chi connectivity index (χ3v) is 4.60. The van der Waals surface area contributed by atoms with E-state index in [1.54, 1.807) is 12.1 Å². The summed E-state index contributed by atoms with van der Waals surface area (Å²) in [6, 6.07) is 14.6. The number of carbonyl (C=O) groups is 2. The van der Waals surface area contributed by atoms with Crippen molar-refractivity contribution in [3.05, 3.63) is 59.7 Å². The van der Waals surface area contributed by atoms with Crippen LogP contribution in [0.1, 0.15) is 43.1 Å². The second-order valence-electron chi connectivity index (χ2n) is 6.74. The highest BCUT2D eigenvalue weighted by atomic mass is 16.2. The van der Waals surface area contributed by atoms with Crippen molar-refractivity contribution >= 4 is 23.4 Å². The molecule has 0 bridgehead atoms. The van der Waals surface area contributed by atoms with Crippen molar-refractivity contribution < 1.29 is 9.59 Å². The molecule has 1 aliphatic heterocycles. The molecule has 2 amide bonds. The van der Waals surface area contributed by atoms with Crippen LogP contribution in [0.25, 0.3) is 11.1 Å². The Hall–Kier alpha value is -3.28. The van der Waals surface area contributed by atoms with Crippen LogP contribution in [0.2, 0.25) is 0 Å². The lowest BCUT2D eigenvalue weighted by Gasteiger charge is -2.21. The van der Waals surface area contributed by atoms with Gasteiger partial charge in [-0.15, -0.1) is 0 Å². The predicted molar refractivity (Wildman–Crippen MR) is 117 cm³/mol. The first-order chi connectivity index (χ1) is 13.9. The highest BCUT2D eigenvalue weighted by Crippen LogP contribution is 2.25. The Bertz CT molecular complexity index is 928. The Morgan fingerprint density at radius 2 is 1.72 bits per heavy atom. The predicted octanol–water partition coefficient (Wildman–Crippen LogP) is 3.83. The molecule has 2 aromatic carbocycles. The number of likely N-dealkylation sites (tertiary alicyclic amines) is 1. The zero-order valence-corrected chi connectivity index (χ0v) is 17.4. The summed E-state index contributed by atoms with van der Waals surface area (Å²) < 4.78 is 0. The highest BCUT2D eigenvalue weighted by Gasteiger charge is 2.37. The lowest BCUT2D eigenvalue weighted by Crippen LogP contribution is -2.40. The summed E-state index contributed by atoms with van der Waals surface area (Å²) in [6.45, 7) is 7.70. The number of hydrogen-bond donors (Lipinski definition) is 2. The molecule has 1 aliphatic rings. The molecule has 0 spiro atoms. The van der Waals surface area contributed by atoms with Gasteiger partial charge in [-0.05, 0) is 42.7 Å². The number of amides is 2. The minimum Gasteiger partial charge on any atom is -0.387 e. The maximum Gasteiger partial charge on any atom is 0.270 e. The quantitative estimate of drug-likeness (QED) is 0.613. The molecule has 1 heterocycles. The number of aryl methyl sites for hydroxylation is 1. The number of rotatable bonds is 3. The zero-order valence-electron chi connectivity index (χ0n) is 17.4. The molecule has 0 saturated carbocycles. The van der Waals surface area contributed by atoms with Gasteiger partial charge in [-0.3, -0.25) is 9.59 Å². The molecule has 152 valence electrons. The molecule has 29 heavy (non-hydrogen) atoms. The van der Waals surface area contributed by atoms with Crippen LogP contribution in [-0.2, 0) is 4.79 Å². The number of nitrogens with zero attached hydrogens (tertiary/aromatic N) is 2. The molecule has 0 unspecified atom stereocenters. The molecule has 1 saturated heterocycles. The fraction of sp³-hybridized carbons (Fsp3) is 0.304. The summed E-state index contributed by atoms with van der Waals surface area (Å²) in [7, 11) is 0.